The predicted octanol–water partition coefficient (Wildman–Crippen LogP) is 2.89. The summed E-state index contributed by atoms with van der Waals surface area (Å²) in [5, 5.41) is 0. The zero-order valence-corrected chi connectivity index (χ0v) is 12.0. The minimum atomic E-state index is 0.371. The lowest BCUT2D eigenvalue weighted by atomic mass is 10.1. The molecule has 0 saturated carbocycles. The molecule has 0 bridgehead atoms. The number of rotatable bonds is 3. The minimum absolute atomic E-state index is 0.371. The highest BCUT2D eigenvalue weighted by Crippen LogP contribution is 2.20. The van der Waals surface area contributed by atoms with Crippen LogP contribution in [0.4, 0.5) is 0 Å². The number of hydrogen-bond acceptors (Lipinski definition) is 3. The van der Waals surface area contributed by atoms with Gasteiger partial charge in [-0.25, -0.2) is 0 Å². The lowest BCUT2D eigenvalue weighted by Gasteiger charge is -2.34. The van der Waals surface area contributed by atoms with Gasteiger partial charge in [0.25, 0.3) is 0 Å². The van der Waals surface area contributed by atoms with E-state index in [2.05, 4.69) is 11.0 Å². The van der Waals surface area contributed by atoms with E-state index in [0.29, 0.717) is 6.04 Å². The predicted molar refractivity (Wildman–Crippen MR) is 74.7 cm³/mol. The minimum Gasteiger partial charge on any atom is -0.495 e. The lowest BCUT2D eigenvalue weighted by Crippen LogP contribution is -2.39. The van der Waals surface area contributed by atoms with Crippen molar-refractivity contribution in [2.45, 2.75) is 46.6 Å². The quantitative estimate of drug-likeness (QED) is 0.609. The second-order valence-corrected chi connectivity index (χ2v) is 3.86. The van der Waals surface area contributed by atoms with E-state index in [9.17, 15) is 0 Å². The Labute approximate surface area is 106 Å². The summed E-state index contributed by atoms with van der Waals surface area (Å²) in [6.45, 7) is 10.1. The molecule has 1 fully saturated rings. The van der Waals surface area contributed by atoms with Crippen molar-refractivity contribution in [3.8, 4) is 0 Å². The Hall–Kier alpha value is -0.960. The number of allylic oxidation sites excluding steroid dienone is 2. The van der Waals surface area contributed by atoms with E-state index in [0.717, 1.165) is 31.7 Å². The van der Waals surface area contributed by atoms with Crippen molar-refractivity contribution < 1.29 is 4.74 Å². The summed E-state index contributed by atoms with van der Waals surface area (Å²) in [6, 6.07) is 0.371. The van der Waals surface area contributed by atoms with Gasteiger partial charge in [-0.3, -0.25) is 0 Å². The highest BCUT2D eigenvalue weighted by atomic mass is 16.5. The van der Waals surface area contributed by atoms with Crippen molar-refractivity contribution in [2.75, 3.05) is 20.2 Å². The van der Waals surface area contributed by atoms with Crippen molar-refractivity contribution in [2.24, 2.45) is 5.73 Å². The van der Waals surface area contributed by atoms with E-state index >= 15 is 0 Å². The summed E-state index contributed by atoms with van der Waals surface area (Å²) >= 11 is 0. The molecule has 2 N–H and O–H groups in total. The van der Waals surface area contributed by atoms with Gasteiger partial charge in [0.1, 0.15) is 5.76 Å². The van der Waals surface area contributed by atoms with Crippen LogP contribution in [-0.2, 0) is 4.74 Å². The fourth-order valence-corrected chi connectivity index (χ4v) is 1.99. The van der Waals surface area contributed by atoms with Crippen LogP contribution in [0.25, 0.3) is 0 Å². The molecule has 0 spiro atoms. The standard InChI is InChI=1S/C12H22N2O.C2H6/c1-4-11(12(5-2)15-3)14-8-6-10(13)7-9-14;1-2/h4-5,10H,6-9,13H2,1-3H3;1-2H3/b11-4+,12-5+;. The number of piperidine rings is 1. The van der Waals surface area contributed by atoms with Gasteiger partial charge in [0.15, 0.2) is 0 Å². The molecule has 0 atom stereocenters. The molecule has 0 aromatic carbocycles. The number of nitrogens with zero attached hydrogens (tertiary/aromatic N) is 1. The third-order valence-electron chi connectivity index (χ3n) is 2.89. The maximum Gasteiger partial charge on any atom is 0.137 e. The van der Waals surface area contributed by atoms with E-state index in [1.807, 2.05) is 33.8 Å². The lowest BCUT2D eigenvalue weighted by molar-refractivity contribution is 0.223. The van der Waals surface area contributed by atoms with Crippen LogP contribution in [0.3, 0.4) is 0 Å². The fraction of sp³-hybridized carbons (Fsp3) is 0.714. The summed E-state index contributed by atoms with van der Waals surface area (Å²) in [6.07, 6.45) is 6.25. The van der Waals surface area contributed by atoms with Crippen LogP contribution in [0.5, 0.6) is 0 Å². The monoisotopic (exact) mass is 240 g/mol. The maximum atomic E-state index is 5.89. The fourth-order valence-electron chi connectivity index (χ4n) is 1.99. The van der Waals surface area contributed by atoms with Gasteiger partial charge in [-0.2, -0.15) is 0 Å². The number of ether oxygens (including phenoxy) is 1. The SMILES string of the molecule is C/C=C(OC)\C(=C/C)N1CCC(N)CC1.CC. The molecule has 3 nitrogen and oxygen atoms in total. The van der Waals surface area contributed by atoms with E-state index < -0.39 is 0 Å². The number of nitrogens with two attached hydrogens (primary N) is 1. The van der Waals surface area contributed by atoms with E-state index in [1.54, 1.807) is 7.11 Å². The Balaban J connectivity index is 0.00000121. The van der Waals surface area contributed by atoms with E-state index in [-0.39, 0.29) is 0 Å². The molecule has 100 valence electrons. The van der Waals surface area contributed by atoms with Crippen molar-refractivity contribution in [3.63, 3.8) is 0 Å². The summed E-state index contributed by atoms with van der Waals surface area (Å²) < 4.78 is 5.35. The Bertz CT molecular complexity index is 251. The molecule has 0 aromatic rings. The number of methoxy groups -OCH3 is 1. The molecule has 1 aliphatic rings. The summed E-state index contributed by atoms with van der Waals surface area (Å²) in [5.74, 6) is 0.952. The molecule has 1 heterocycles. The Kier molecular flexibility index (Phi) is 8.60. The molecular formula is C14H28N2O. The first-order chi connectivity index (χ1) is 8.22. The normalized spacial score (nSPS) is 18.6. The molecule has 1 aliphatic heterocycles. The highest BCUT2D eigenvalue weighted by molar-refractivity contribution is 5.24. The topological polar surface area (TPSA) is 38.5 Å². The van der Waals surface area contributed by atoms with E-state index in [4.69, 9.17) is 10.5 Å². The van der Waals surface area contributed by atoms with Crippen molar-refractivity contribution in [1.82, 2.24) is 4.90 Å². The second kappa shape index (κ2) is 9.11. The van der Waals surface area contributed by atoms with Gasteiger partial charge >= 0.3 is 0 Å². The van der Waals surface area contributed by atoms with Gasteiger partial charge in [0.05, 0.1) is 12.8 Å². The third kappa shape index (κ3) is 4.82. The van der Waals surface area contributed by atoms with E-state index in [1.165, 1.54) is 5.70 Å². The summed E-state index contributed by atoms with van der Waals surface area (Å²) in [4.78, 5) is 2.35. The number of hydrogen-bond donors (Lipinski definition) is 1. The van der Waals surface area contributed by atoms with Crippen LogP contribution in [0.2, 0.25) is 0 Å². The van der Waals surface area contributed by atoms with Crippen LogP contribution in [-0.4, -0.2) is 31.1 Å². The van der Waals surface area contributed by atoms with Gasteiger partial charge in [-0.15, -0.1) is 0 Å². The first-order valence-corrected chi connectivity index (χ1v) is 6.60. The van der Waals surface area contributed by atoms with Crippen LogP contribution >= 0.6 is 0 Å². The van der Waals surface area contributed by atoms with Crippen molar-refractivity contribution in [1.29, 1.82) is 0 Å². The molecule has 0 unspecified atom stereocenters. The maximum absolute atomic E-state index is 5.89. The third-order valence-corrected chi connectivity index (χ3v) is 2.89. The Morgan fingerprint density at radius 1 is 1.18 bits per heavy atom. The average Bonchev–Trinajstić information content (AvgIpc) is 2.39. The van der Waals surface area contributed by atoms with Crippen LogP contribution in [0.1, 0.15) is 40.5 Å². The zero-order valence-electron chi connectivity index (χ0n) is 12.0. The first-order valence-electron chi connectivity index (χ1n) is 6.60. The number of likely N-dealkylation sites (tertiary alicyclic amines) is 1. The molecule has 17 heavy (non-hydrogen) atoms. The van der Waals surface area contributed by atoms with Crippen LogP contribution in [0, 0.1) is 0 Å². The molecule has 1 saturated heterocycles. The Morgan fingerprint density at radius 3 is 2.06 bits per heavy atom. The van der Waals surface area contributed by atoms with Gasteiger partial charge in [0, 0.05) is 19.1 Å². The van der Waals surface area contributed by atoms with Gasteiger partial charge in [-0.1, -0.05) is 19.9 Å². The Morgan fingerprint density at radius 2 is 1.71 bits per heavy atom. The average molecular weight is 240 g/mol. The molecule has 0 aliphatic carbocycles. The van der Waals surface area contributed by atoms with Crippen LogP contribution < -0.4 is 5.73 Å². The van der Waals surface area contributed by atoms with Crippen molar-refractivity contribution >= 4 is 0 Å². The summed E-state index contributed by atoms with van der Waals surface area (Å²) in [7, 11) is 1.72. The van der Waals surface area contributed by atoms with Gasteiger partial charge < -0.3 is 15.4 Å². The molecule has 0 amide bonds. The molecular weight excluding hydrogens is 212 g/mol. The highest BCUT2D eigenvalue weighted by Gasteiger charge is 2.19. The molecule has 0 radical (unpaired) electrons. The molecule has 3 heteroatoms. The largest absolute Gasteiger partial charge is 0.495 e. The molecule has 1 rings (SSSR count). The smallest absolute Gasteiger partial charge is 0.137 e. The zero-order chi connectivity index (χ0) is 13.3. The van der Waals surface area contributed by atoms with Gasteiger partial charge in [-0.05, 0) is 32.8 Å². The van der Waals surface area contributed by atoms with Crippen molar-refractivity contribution in [3.05, 3.63) is 23.6 Å². The first kappa shape index (κ1) is 16.0. The van der Waals surface area contributed by atoms with Crippen LogP contribution in [0.15, 0.2) is 23.6 Å². The van der Waals surface area contributed by atoms with Gasteiger partial charge in [0.2, 0.25) is 0 Å². The summed E-state index contributed by atoms with van der Waals surface area (Å²) in [5.41, 5.74) is 7.07. The second-order valence-electron chi connectivity index (χ2n) is 3.86. The molecule has 0 aromatic heterocycles.